The average Bonchev–Trinajstić information content (AvgIpc) is 3.75. The number of methoxy groups -OCH3 is 2. The Morgan fingerprint density at radius 1 is 0.289 bits per heavy atom. The highest BCUT2D eigenvalue weighted by Gasteiger charge is 2.76. The van der Waals surface area contributed by atoms with E-state index in [0.717, 1.165) is 0 Å². The van der Waals surface area contributed by atoms with Gasteiger partial charge < -0.3 is 37.9 Å². The molecular weight excluding hydrogens is 1130 g/mol. The van der Waals surface area contributed by atoms with Crippen molar-refractivity contribution >= 4 is 24.6 Å². The van der Waals surface area contributed by atoms with Crippen LogP contribution in [0.1, 0.15) is 291 Å². The fourth-order valence-corrected chi connectivity index (χ4v) is 22.0. The Morgan fingerprint density at radius 2 is 0.489 bits per heavy atom. The van der Waals surface area contributed by atoms with Crippen molar-refractivity contribution in [2.45, 2.75) is 324 Å². The highest BCUT2D eigenvalue weighted by molar-refractivity contribution is 5.65. The maximum absolute atomic E-state index is 12.8. The number of ether oxygens (including phenoxy) is 8. The Balaban J connectivity index is 0. The van der Waals surface area contributed by atoms with Crippen molar-refractivity contribution < 1.29 is 57.1 Å². The van der Waals surface area contributed by atoms with Crippen LogP contribution in [-0.2, 0) is 37.9 Å². The summed E-state index contributed by atoms with van der Waals surface area (Å²) in [4.78, 5) is 49.1. The van der Waals surface area contributed by atoms with E-state index < -0.39 is 58.2 Å². The molecule has 90 heavy (non-hydrogen) atoms. The quantitative estimate of drug-likeness (QED) is 0.0634. The summed E-state index contributed by atoms with van der Waals surface area (Å²) in [6.07, 6.45) is -2.17. The van der Waals surface area contributed by atoms with Crippen LogP contribution in [0.3, 0.4) is 0 Å². The molecule has 0 spiro atoms. The third-order valence-corrected chi connectivity index (χ3v) is 24.9. The van der Waals surface area contributed by atoms with E-state index in [1.54, 1.807) is 0 Å². The molecule has 2 aliphatic heterocycles. The molecule has 0 aromatic carbocycles. The summed E-state index contributed by atoms with van der Waals surface area (Å²) in [6, 6.07) is 0. The van der Waals surface area contributed by atoms with Gasteiger partial charge in [-0.2, -0.15) is 0 Å². The minimum absolute atomic E-state index is 0.0438. The molecule has 0 N–H and O–H groups in total. The molecule has 12 nitrogen and oxygen atoms in total. The molecule has 0 aromatic heterocycles. The molecule has 0 bridgehead atoms. The van der Waals surface area contributed by atoms with Crippen molar-refractivity contribution in [1.29, 1.82) is 0 Å². The van der Waals surface area contributed by atoms with Crippen molar-refractivity contribution in [3.63, 3.8) is 0 Å². The van der Waals surface area contributed by atoms with Gasteiger partial charge in [0, 0.05) is 10.8 Å². The lowest BCUT2D eigenvalue weighted by molar-refractivity contribution is -0.340. The van der Waals surface area contributed by atoms with Crippen LogP contribution in [0.25, 0.3) is 0 Å². The first-order chi connectivity index (χ1) is 40.5. The molecule has 2 saturated heterocycles. The van der Waals surface area contributed by atoms with Crippen LogP contribution in [-0.4, -0.2) is 72.4 Å². The van der Waals surface area contributed by atoms with Crippen LogP contribution in [0.2, 0.25) is 0 Å². The normalized spacial score (nSPS) is 17.8. The predicted molar refractivity (Wildman–Crippen MR) is 376 cm³/mol. The van der Waals surface area contributed by atoms with Crippen LogP contribution in [0.5, 0.6) is 0 Å². The third-order valence-electron chi connectivity index (χ3n) is 24.9. The minimum atomic E-state index is -0.647. The molecule has 0 unspecified atom stereocenters. The predicted octanol–water partition coefficient (Wildman–Crippen LogP) is 23.4. The summed E-state index contributed by atoms with van der Waals surface area (Å²) in [5.74, 6) is 5.24. The number of hydrogen-bond acceptors (Lipinski definition) is 12. The second kappa shape index (κ2) is 33.2. The average molecular weight is 1280 g/mol. The van der Waals surface area contributed by atoms with Gasteiger partial charge in [-0.25, -0.2) is 19.2 Å². The highest BCUT2D eigenvalue weighted by atomic mass is 16.8. The van der Waals surface area contributed by atoms with E-state index in [-0.39, 0.29) is 92.7 Å². The van der Waals surface area contributed by atoms with Crippen molar-refractivity contribution in [3.8, 4) is 0 Å². The van der Waals surface area contributed by atoms with E-state index in [2.05, 4.69) is 291 Å². The van der Waals surface area contributed by atoms with E-state index >= 15 is 0 Å². The molecular formula is C78H152O12. The first-order valence-electron chi connectivity index (χ1n) is 35.9. The largest absolute Gasteiger partial charge is 0.509 e. The SMILES string of the molecule is CC(C)C1(C(C)C)OC(=O)OC(C(C)C)(C(C)C)C1(C(C)C)C(C)C.CC(C)C1(C(C)C)OC(=O)OC1(C(C)C)C(C)C.COC(=O)OC(C(C)C)(C(C)C)C(C(C)C)(C(C)C)C(C)(C(C)C)C(C)C.COC(=O)OC(C(C)C)(C(C)C)C(C)(C(C)C)C(C)C. The number of rotatable bonds is 25. The lowest BCUT2D eigenvalue weighted by atomic mass is 9.38. The van der Waals surface area contributed by atoms with Gasteiger partial charge in [0.2, 0.25) is 0 Å². The number of carbonyl (C=O) groups excluding carboxylic acids is 4. The fraction of sp³-hybridized carbons (Fsp3) is 0.949. The summed E-state index contributed by atoms with van der Waals surface area (Å²) in [6.45, 7) is 92.9. The second-order valence-corrected chi connectivity index (χ2v) is 34.2. The van der Waals surface area contributed by atoms with Gasteiger partial charge >= 0.3 is 24.6 Å². The van der Waals surface area contributed by atoms with Gasteiger partial charge in [0.1, 0.15) is 22.4 Å². The van der Waals surface area contributed by atoms with E-state index in [0.29, 0.717) is 47.3 Å². The molecule has 2 fully saturated rings. The number of hydrogen-bond donors (Lipinski definition) is 0. The topological polar surface area (TPSA) is 142 Å². The van der Waals surface area contributed by atoms with Crippen LogP contribution in [0, 0.1) is 140 Å². The molecule has 2 aliphatic rings. The zero-order valence-electron chi connectivity index (χ0n) is 67.4. The van der Waals surface area contributed by atoms with E-state index in [1.165, 1.54) is 14.2 Å². The van der Waals surface area contributed by atoms with Crippen molar-refractivity contribution in [2.75, 3.05) is 14.2 Å². The minimum Gasteiger partial charge on any atom is -0.438 e. The molecule has 0 aromatic rings. The van der Waals surface area contributed by atoms with E-state index in [1.807, 2.05) is 0 Å². The molecule has 536 valence electrons. The van der Waals surface area contributed by atoms with Crippen LogP contribution < -0.4 is 0 Å². The molecule has 2 rings (SSSR count). The van der Waals surface area contributed by atoms with Gasteiger partial charge in [-0.1, -0.05) is 291 Å². The highest BCUT2D eigenvalue weighted by Crippen LogP contribution is 2.69. The number of cyclic esters (lactones) is 4. The third kappa shape index (κ3) is 14.3. The second-order valence-electron chi connectivity index (χ2n) is 34.2. The first-order valence-corrected chi connectivity index (χ1v) is 35.9. The molecule has 0 amide bonds. The summed E-state index contributed by atoms with van der Waals surface area (Å²) in [7, 11) is 2.78. The Morgan fingerprint density at radius 3 is 0.644 bits per heavy atom. The molecule has 0 saturated carbocycles. The summed E-state index contributed by atoms with van der Waals surface area (Å²) in [5.41, 5.74) is -4.15. The van der Waals surface area contributed by atoms with Crippen molar-refractivity contribution in [1.82, 2.24) is 0 Å². The van der Waals surface area contributed by atoms with Crippen LogP contribution in [0.4, 0.5) is 19.2 Å². The van der Waals surface area contributed by atoms with Crippen LogP contribution >= 0.6 is 0 Å². The molecule has 12 heteroatoms. The fourth-order valence-electron chi connectivity index (χ4n) is 22.0. The molecule has 0 radical (unpaired) electrons. The Kier molecular flexibility index (Phi) is 32.8. The van der Waals surface area contributed by atoms with Gasteiger partial charge in [0.15, 0.2) is 11.2 Å². The monoisotopic (exact) mass is 1280 g/mol. The van der Waals surface area contributed by atoms with Crippen molar-refractivity contribution in [3.05, 3.63) is 0 Å². The maximum Gasteiger partial charge on any atom is 0.509 e. The van der Waals surface area contributed by atoms with Crippen LogP contribution in [0.15, 0.2) is 0 Å². The first kappa shape index (κ1) is 89.1. The molecule has 0 aliphatic carbocycles. The zero-order valence-corrected chi connectivity index (χ0v) is 67.4. The smallest absolute Gasteiger partial charge is 0.438 e. The van der Waals surface area contributed by atoms with E-state index in [4.69, 9.17) is 37.9 Å². The van der Waals surface area contributed by atoms with Gasteiger partial charge in [-0.15, -0.1) is 0 Å². The Hall–Kier alpha value is -2.92. The van der Waals surface area contributed by atoms with Gasteiger partial charge in [-0.3, -0.25) is 0 Å². The summed E-state index contributed by atoms with van der Waals surface area (Å²) < 4.78 is 46.1. The Labute approximate surface area is 557 Å². The maximum atomic E-state index is 12.8. The van der Waals surface area contributed by atoms with Crippen molar-refractivity contribution in [2.24, 2.45) is 140 Å². The van der Waals surface area contributed by atoms with E-state index in [9.17, 15) is 19.2 Å². The summed E-state index contributed by atoms with van der Waals surface area (Å²) in [5, 5.41) is 0. The zero-order chi connectivity index (χ0) is 72.5. The molecule has 2 heterocycles. The lowest BCUT2D eigenvalue weighted by Crippen LogP contribution is -2.78. The standard InChI is InChI=1S/C24H48O3.C22H42O3.C17H34O3.C15H28O3/c1-15(2)22(13,16(3)4)23(17(5)6,18(7)8)24(19(9)10,20(11)12)27-21(25)26-14;1-13(2)20(14(3)4)21(15(5)6,16(7)8)24-19(23)25-22(20,17(9)10)18(11)12;1-11(2)16(9,12(3)4)17(13(5)6,14(7)8)20-15(18)19-10;1-9(2)14(10(3)4)15(11(5)6,12(7)8)18-13(16)17-14/h15-20H,1-14H3;13-18H,1-12H3;11-14H,1-10H3;9-12H,1-8H3. The van der Waals surface area contributed by atoms with Gasteiger partial charge in [-0.05, 0) is 124 Å². The lowest BCUT2D eigenvalue weighted by Gasteiger charge is -2.70. The van der Waals surface area contributed by atoms with Gasteiger partial charge in [0.25, 0.3) is 0 Å². The Bertz CT molecular complexity index is 2030. The summed E-state index contributed by atoms with van der Waals surface area (Å²) >= 11 is 0. The van der Waals surface area contributed by atoms with Gasteiger partial charge in [0.05, 0.1) is 19.6 Å². The molecule has 0 atom stereocenters. The number of carbonyl (C=O) groups is 4.